The van der Waals surface area contributed by atoms with E-state index in [0.29, 0.717) is 11.0 Å². The van der Waals surface area contributed by atoms with Gasteiger partial charge in [-0.2, -0.15) is 13.2 Å². The predicted octanol–water partition coefficient (Wildman–Crippen LogP) is 4.15. The molecule has 1 spiro atoms. The van der Waals surface area contributed by atoms with Crippen LogP contribution >= 0.6 is 0 Å². The van der Waals surface area contributed by atoms with Gasteiger partial charge < -0.3 is 4.90 Å². The number of carbonyl (C=O) groups excluding carboxylic acids is 1. The summed E-state index contributed by atoms with van der Waals surface area (Å²) < 4.78 is 40.4. The molecule has 148 valence electrons. The van der Waals surface area contributed by atoms with E-state index in [-0.39, 0.29) is 17.3 Å². The Bertz CT molecular complexity index is 928. The maximum Gasteiger partial charge on any atom is 0.416 e. The maximum atomic E-state index is 13.0. The Labute approximate surface area is 160 Å². The summed E-state index contributed by atoms with van der Waals surface area (Å²) in [5, 5.41) is 4.18. The summed E-state index contributed by atoms with van der Waals surface area (Å²) in [6.07, 6.45) is 4.59. The van der Waals surface area contributed by atoms with Crippen molar-refractivity contribution in [2.75, 3.05) is 13.1 Å². The minimum Gasteiger partial charge on any atom is -0.339 e. The molecule has 28 heavy (non-hydrogen) atoms. The van der Waals surface area contributed by atoms with E-state index in [4.69, 9.17) is 0 Å². The minimum atomic E-state index is -4.43. The van der Waals surface area contributed by atoms with Crippen molar-refractivity contribution in [3.8, 4) is 11.4 Å². The highest BCUT2D eigenvalue weighted by Gasteiger charge is 2.43. The molecule has 2 heterocycles. The lowest BCUT2D eigenvalue weighted by molar-refractivity contribution is -0.137. The van der Waals surface area contributed by atoms with Crippen molar-refractivity contribution in [3.05, 3.63) is 41.7 Å². The number of nitrogens with zero attached hydrogens (tertiary/aromatic N) is 4. The zero-order valence-electron chi connectivity index (χ0n) is 15.5. The molecule has 2 fully saturated rings. The largest absolute Gasteiger partial charge is 0.416 e. The lowest BCUT2D eigenvalue weighted by Gasteiger charge is -2.37. The van der Waals surface area contributed by atoms with Crippen LogP contribution in [-0.2, 0) is 11.0 Å². The van der Waals surface area contributed by atoms with Gasteiger partial charge in [-0.3, -0.25) is 4.79 Å². The van der Waals surface area contributed by atoms with Gasteiger partial charge in [-0.25, -0.2) is 9.67 Å². The molecule has 1 aromatic heterocycles. The predicted molar refractivity (Wildman–Crippen MR) is 98.0 cm³/mol. The number of halogens is 3. The molecule has 4 rings (SSSR count). The van der Waals surface area contributed by atoms with Crippen molar-refractivity contribution < 1.29 is 18.0 Å². The fourth-order valence-corrected chi connectivity index (χ4v) is 4.01. The zero-order chi connectivity index (χ0) is 19.9. The number of rotatable bonds is 3. The highest BCUT2D eigenvalue weighted by molar-refractivity contribution is 5.90. The third-order valence-corrected chi connectivity index (χ3v) is 5.71. The molecule has 0 radical (unpaired) electrons. The Balaban J connectivity index is 1.47. The van der Waals surface area contributed by atoms with Crippen LogP contribution in [0, 0.1) is 12.3 Å². The molecule has 0 bridgehead atoms. The van der Waals surface area contributed by atoms with Crippen LogP contribution < -0.4 is 0 Å². The van der Waals surface area contributed by atoms with E-state index in [1.165, 1.54) is 42.5 Å². The second-order valence-electron chi connectivity index (χ2n) is 7.81. The SMILES string of the molecule is Cc1cc(-c2ncn(/C=C\C(=O)N3CCC4(CCC4)C3)n2)cc(C(F)(F)F)c1. The van der Waals surface area contributed by atoms with Crippen molar-refractivity contribution in [1.82, 2.24) is 19.7 Å². The van der Waals surface area contributed by atoms with Crippen LogP contribution in [0.4, 0.5) is 13.2 Å². The fourth-order valence-electron chi connectivity index (χ4n) is 4.01. The molecular formula is C20H21F3N4O. The lowest BCUT2D eigenvalue weighted by atomic mass is 9.68. The van der Waals surface area contributed by atoms with E-state index in [2.05, 4.69) is 10.1 Å². The highest BCUT2D eigenvalue weighted by Crippen LogP contribution is 2.47. The molecule has 0 unspecified atom stereocenters. The lowest BCUT2D eigenvalue weighted by Crippen LogP contribution is -2.35. The molecule has 0 N–H and O–H groups in total. The van der Waals surface area contributed by atoms with Gasteiger partial charge in [-0.1, -0.05) is 6.42 Å². The van der Waals surface area contributed by atoms with E-state index in [1.807, 2.05) is 4.90 Å². The number of aromatic nitrogens is 3. The number of hydrogen-bond acceptors (Lipinski definition) is 3. The molecule has 1 amide bonds. The van der Waals surface area contributed by atoms with Gasteiger partial charge in [-0.05, 0) is 55.4 Å². The number of benzene rings is 1. The van der Waals surface area contributed by atoms with Gasteiger partial charge in [0.15, 0.2) is 5.82 Å². The van der Waals surface area contributed by atoms with Crippen LogP contribution in [-0.4, -0.2) is 38.7 Å². The van der Waals surface area contributed by atoms with Crippen LogP contribution in [0.1, 0.15) is 36.8 Å². The van der Waals surface area contributed by atoms with Crippen molar-refractivity contribution >= 4 is 12.1 Å². The van der Waals surface area contributed by atoms with Crippen molar-refractivity contribution in [2.45, 2.75) is 38.8 Å². The van der Waals surface area contributed by atoms with Crippen LogP contribution in [0.25, 0.3) is 17.6 Å². The first-order chi connectivity index (χ1) is 13.2. The van der Waals surface area contributed by atoms with Gasteiger partial charge in [0.25, 0.3) is 0 Å². The maximum absolute atomic E-state index is 13.0. The molecule has 2 aromatic rings. The minimum absolute atomic E-state index is 0.0734. The number of alkyl halides is 3. The summed E-state index contributed by atoms with van der Waals surface area (Å²) in [7, 11) is 0. The molecular weight excluding hydrogens is 369 g/mol. The Morgan fingerprint density at radius 3 is 2.64 bits per heavy atom. The van der Waals surface area contributed by atoms with E-state index in [9.17, 15) is 18.0 Å². The smallest absolute Gasteiger partial charge is 0.339 e. The topological polar surface area (TPSA) is 51.0 Å². The Kier molecular flexibility index (Phi) is 4.51. The monoisotopic (exact) mass is 390 g/mol. The number of amides is 1. The zero-order valence-corrected chi connectivity index (χ0v) is 15.5. The van der Waals surface area contributed by atoms with Gasteiger partial charge in [0.05, 0.1) is 5.56 Å². The molecule has 0 atom stereocenters. The Hall–Kier alpha value is -2.64. The molecule has 5 nitrogen and oxygen atoms in total. The van der Waals surface area contributed by atoms with Gasteiger partial charge >= 0.3 is 6.18 Å². The van der Waals surface area contributed by atoms with Crippen molar-refractivity contribution in [3.63, 3.8) is 0 Å². The van der Waals surface area contributed by atoms with E-state index in [1.54, 1.807) is 13.0 Å². The van der Waals surface area contributed by atoms with Gasteiger partial charge in [0.2, 0.25) is 5.91 Å². The first kappa shape index (κ1) is 18.7. The second-order valence-corrected chi connectivity index (χ2v) is 7.81. The number of aryl methyl sites for hydroxylation is 1. The average molecular weight is 390 g/mol. The molecule has 1 aromatic carbocycles. The van der Waals surface area contributed by atoms with E-state index in [0.717, 1.165) is 31.6 Å². The summed E-state index contributed by atoms with van der Waals surface area (Å²) in [6.45, 7) is 3.18. The first-order valence-corrected chi connectivity index (χ1v) is 9.32. The number of hydrogen-bond donors (Lipinski definition) is 0. The summed E-state index contributed by atoms with van der Waals surface area (Å²) in [5.41, 5.74) is 0.373. The first-order valence-electron chi connectivity index (χ1n) is 9.32. The quantitative estimate of drug-likeness (QED) is 0.740. The standard InChI is InChI=1S/C20H21F3N4O/c1-14-9-15(11-16(10-14)20(21,22)23)18-24-13-27(25-18)7-3-17(28)26-8-6-19(12-26)4-2-5-19/h3,7,9-11,13H,2,4-6,8,12H2,1H3/b7-3-. The van der Waals surface area contributed by atoms with Crippen molar-refractivity contribution in [1.29, 1.82) is 0 Å². The van der Waals surface area contributed by atoms with E-state index < -0.39 is 11.7 Å². The molecule has 1 saturated carbocycles. The van der Waals surface area contributed by atoms with Gasteiger partial charge in [-0.15, -0.1) is 5.10 Å². The molecule has 2 aliphatic rings. The Morgan fingerprint density at radius 1 is 1.21 bits per heavy atom. The van der Waals surface area contributed by atoms with Crippen LogP contribution in [0.15, 0.2) is 30.6 Å². The fraction of sp³-hybridized carbons (Fsp3) is 0.450. The highest BCUT2D eigenvalue weighted by atomic mass is 19.4. The normalized spacial score (nSPS) is 18.8. The third-order valence-electron chi connectivity index (χ3n) is 5.71. The van der Waals surface area contributed by atoms with Crippen molar-refractivity contribution in [2.24, 2.45) is 5.41 Å². The Morgan fingerprint density at radius 2 is 2.00 bits per heavy atom. The summed E-state index contributed by atoms with van der Waals surface area (Å²) in [5.74, 6) is 0.108. The number of likely N-dealkylation sites (tertiary alicyclic amines) is 1. The second kappa shape index (κ2) is 6.76. The van der Waals surface area contributed by atoms with E-state index >= 15 is 0 Å². The number of carbonyl (C=O) groups is 1. The summed E-state index contributed by atoms with van der Waals surface area (Å²) in [4.78, 5) is 18.3. The van der Waals surface area contributed by atoms with Gasteiger partial charge in [0.1, 0.15) is 6.33 Å². The average Bonchev–Trinajstić information content (AvgIpc) is 3.25. The van der Waals surface area contributed by atoms with Crippen LogP contribution in [0.3, 0.4) is 0 Å². The summed E-state index contributed by atoms with van der Waals surface area (Å²) in [6, 6.07) is 3.72. The molecule has 8 heteroatoms. The van der Waals surface area contributed by atoms with Crippen LogP contribution in [0.5, 0.6) is 0 Å². The third kappa shape index (κ3) is 3.68. The molecule has 1 saturated heterocycles. The van der Waals surface area contributed by atoms with Gasteiger partial charge in [0, 0.05) is 30.9 Å². The molecule has 1 aliphatic heterocycles. The summed E-state index contributed by atoms with van der Waals surface area (Å²) >= 11 is 0. The molecule has 1 aliphatic carbocycles. The van der Waals surface area contributed by atoms with Crippen LogP contribution in [0.2, 0.25) is 0 Å².